The molecule has 0 bridgehead atoms. The maximum absolute atomic E-state index is 10.8. The van der Waals surface area contributed by atoms with Crippen molar-refractivity contribution in [2.75, 3.05) is 6.54 Å². The largest absolute Gasteiger partial charge is 0.504 e. The van der Waals surface area contributed by atoms with Crippen LogP contribution in [0, 0.1) is 6.92 Å². The van der Waals surface area contributed by atoms with Crippen LogP contribution < -0.4 is 5.32 Å². The van der Waals surface area contributed by atoms with Gasteiger partial charge in [0, 0.05) is 41.1 Å². The van der Waals surface area contributed by atoms with Crippen LogP contribution >= 0.6 is 0 Å². The van der Waals surface area contributed by atoms with Gasteiger partial charge < -0.3 is 15.5 Å². The van der Waals surface area contributed by atoms with Crippen LogP contribution in [0.3, 0.4) is 0 Å². The minimum absolute atomic E-state index is 0.0111. The van der Waals surface area contributed by atoms with Crippen LogP contribution in [-0.2, 0) is 18.3 Å². The second kappa shape index (κ2) is 7.10. The molecule has 2 atom stereocenters. The predicted molar refractivity (Wildman–Crippen MR) is 113 cm³/mol. The van der Waals surface area contributed by atoms with Crippen molar-refractivity contribution in [2.45, 2.75) is 51.5 Å². The molecule has 0 fully saturated rings. The van der Waals surface area contributed by atoms with Gasteiger partial charge in [0.1, 0.15) is 0 Å². The highest BCUT2D eigenvalue weighted by Crippen LogP contribution is 2.43. The minimum Gasteiger partial charge on any atom is -0.504 e. The normalized spacial score (nSPS) is 22.0. The smallest absolute Gasteiger partial charge is 0.161 e. The van der Waals surface area contributed by atoms with Crippen molar-refractivity contribution in [2.24, 2.45) is 0 Å². The molecule has 1 aliphatic heterocycles. The van der Waals surface area contributed by atoms with E-state index in [0.29, 0.717) is 12.5 Å². The van der Waals surface area contributed by atoms with Crippen molar-refractivity contribution in [3.63, 3.8) is 0 Å². The Morgan fingerprint density at radius 2 is 1.96 bits per heavy atom. The summed E-state index contributed by atoms with van der Waals surface area (Å²) in [5, 5.41) is 25.8. The van der Waals surface area contributed by atoms with E-state index in [0.717, 1.165) is 52.7 Å². The van der Waals surface area contributed by atoms with Crippen molar-refractivity contribution in [1.29, 1.82) is 0 Å². The Morgan fingerprint density at radius 1 is 1.18 bits per heavy atom. The summed E-state index contributed by atoms with van der Waals surface area (Å²) in [6, 6.07) is 14.3. The van der Waals surface area contributed by atoms with Gasteiger partial charge >= 0.3 is 0 Å². The first-order valence-corrected chi connectivity index (χ1v) is 10.0. The molecule has 0 saturated carbocycles. The summed E-state index contributed by atoms with van der Waals surface area (Å²) in [6.45, 7) is 7.16. The number of aryl methyl sites for hydroxylation is 1. The molecule has 0 aliphatic carbocycles. The van der Waals surface area contributed by atoms with Crippen molar-refractivity contribution in [3.05, 3.63) is 64.8 Å². The fraction of sp³-hybridized carbons (Fsp3) is 0.375. The molecule has 0 radical (unpaired) electrons. The van der Waals surface area contributed by atoms with E-state index in [1.165, 1.54) is 0 Å². The Balaban J connectivity index is 1.83. The van der Waals surface area contributed by atoms with E-state index < -0.39 is 0 Å². The number of fused-ring (bicyclic) bond motifs is 2. The molecule has 4 heteroatoms. The lowest BCUT2D eigenvalue weighted by Gasteiger charge is -2.32. The Labute approximate surface area is 166 Å². The summed E-state index contributed by atoms with van der Waals surface area (Å²) in [6.07, 6.45) is 2.56. The van der Waals surface area contributed by atoms with Crippen LogP contribution in [0.15, 0.2) is 42.5 Å². The molecular weight excluding hydrogens is 348 g/mol. The Hall–Kier alpha value is -2.59. The molecule has 3 aromatic rings. The molecule has 0 amide bonds. The number of aromatic nitrogens is 1. The molecular formula is C24H28N2O2. The average molecular weight is 377 g/mol. The van der Waals surface area contributed by atoms with Gasteiger partial charge in [-0.05, 0) is 49.1 Å². The van der Waals surface area contributed by atoms with Crippen LogP contribution in [0.1, 0.15) is 42.7 Å². The van der Waals surface area contributed by atoms with Crippen LogP contribution in [0.5, 0.6) is 11.5 Å². The third-order valence-electron chi connectivity index (χ3n) is 6.16. The summed E-state index contributed by atoms with van der Waals surface area (Å²) in [5.74, 6) is -0.0416. The number of phenols is 2. The van der Waals surface area contributed by atoms with Gasteiger partial charge in [0.15, 0.2) is 11.5 Å². The zero-order valence-electron chi connectivity index (χ0n) is 16.8. The fourth-order valence-corrected chi connectivity index (χ4v) is 4.51. The van der Waals surface area contributed by atoms with Crippen LogP contribution in [-0.4, -0.2) is 27.8 Å². The first-order valence-electron chi connectivity index (χ1n) is 10.0. The van der Waals surface area contributed by atoms with E-state index in [1.54, 1.807) is 6.07 Å². The number of pyridine rings is 1. The molecule has 2 unspecified atom stereocenters. The van der Waals surface area contributed by atoms with Crippen LogP contribution in [0.25, 0.3) is 10.9 Å². The van der Waals surface area contributed by atoms with E-state index in [1.807, 2.05) is 24.3 Å². The fourth-order valence-electron chi connectivity index (χ4n) is 4.51. The van der Waals surface area contributed by atoms with Crippen molar-refractivity contribution >= 4 is 10.9 Å². The maximum atomic E-state index is 10.8. The van der Waals surface area contributed by atoms with Crippen LogP contribution in [0.2, 0.25) is 0 Å². The summed E-state index contributed by atoms with van der Waals surface area (Å²) in [7, 11) is 0. The highest BCUT2D eigenvalue weighted by atomic mass is 16.3. The molecule has 2 aromatic carbocycles. The number of nitrogens with one attached hydrogen (secondary N) is 1. The number of para-hydroxylation sites is 1. The van der Waals surface area contributed by atoms with Gasteiger partial charge in [-0.15, -0.1) is 0 Å². The SMILES string of the molecule is CCC1Cc2ccc(O)c(O)c2C(C)(Cc2nc3ccccc3cc2C)CN1. The Kier molecular flexibility index (Phi) is 4.76. The molecule has 0 saturated heterocycles. The molecule has 1 aliphatic rings. The Bertz CT molecular complexity index is 1030. The number of benzene rings is 2. The maximum Gasteiger partial charge on any atom is 0.161 e. The first kappa shape index (κ1) is 18.8. The van der Waals surface area contributed by atoms with E-state index in [-0.39, 0.29) is 16.9 Å². The summed E-state index contributed by atoms with van der Waals surface area (Å²) in [5.41, 5.74) is 4.75. The summed E-state index contributed by atoms with van der Waals surface area (Å²) >= 11 is 0. The molecule has 4 rings (SSSR count). The second-order valence-corrected chi connectivity index (χ2v) is 8.34. The van der Waals surface area contributed by atoms with Crippen molar-refractivity contribution in [1.82, 2.24) is 10.3 Å². The highest BCUT2D eigenvalue weighted by molar-refractivity contribution is 5.79. The minimum atomic E-state index is -0.373. The predicted octanol–water partition coefficient (Wildman–Crippen LogP) is 4.38. The number of hydrogen-bond acceptors (Lipinski definition) is 4. The standard InChI is InChI=1S/C24H28N2O2/c1-4-18-12-17-9-10-21(27)23(28)22(17)24(3,14-25-18)13-20-15(2)11-16-7-5-6-8-19(16)26-20/h5-11,18,25,27-28H,4,12-14H2,1-3H3. The molecule has 4 nitrogen and oxygen atoms in total. The van der Waals surface area contributed by atoms with E-state index in [9.17, 15) is 10.2 Å². The monoisotopic (exact) mass is 376 g/mol. The van der Waals surface area contributed by atoms with E-state index in [2.05, 4.69) is 38.2 Å². The third kappa shape index (κ3) is 3.22. The van der Waals surface area contributed by atoms with Gasteiger partial charge in [0.05, 0.1) is 5.52 Å². The quantitative estimate of drug-likeness (QED) is 0.594. The highest BCUT2D eigenvalue weighted by Gasteiger charge is 2.37. The van der Waals surface area contributed by atoms with E-state index in [4.69, 9.17) is 4.98 Å². The second-order valence-electron chi connectivity index (χ2n) is 8.34. The van der Waals surface area contributed by atoms with Gasteiger partial charge in [-0.25, -0.2) is 0 Å². The molecule has 2 heterocycles. The lowest BCUT2D eigenvalue weighted by Crippen LogP contribution is -2.40. The number of hydrogen-bond donors (Lipinski definition) is 3. The lowest BCUT2D eigenvalue weighted by atomic mass is 9.75. The lowest BCUT2D eigenvalue weighted by molar-refractivity contribution is 0.363. The van der Waals surface area contributed by atoms with Gasteiger partial charge in [-0.3, -0.25) is 4.98 Å². The Morgan fingerprint density at radius 3 is 2.75 bits per heavy atom. The number of rotatable bonds is 3. The zero-order chi connectivity index (χ0) is 19.9. The van der Waals surface area contributed by atoms with E-state index >= 15 is 0 Å². The zero-order valence-corrected chi connectivity index (χ0v) is 16.8. The topological polar surface area (TPSA) is 65.4 Å². The van der Waals surface area contributed by atoms with Gasteiger partial charge in [0.2, 0.25) is 0 Å². The summed E-state index contributed by atoms with van der Waals surface area (Å²) in [4.78, 5) is 4.94. The van der Waals surface area contributed by atoms with Crippen LogP contribution in [0.4, 0.5) is 0 Å². The van der Waals surface area contributed by atoms with Gasteiger partial charge in [0.25, 0.3) is 0 Å². The molecule has 146 valence electrons. The van der Waals surface area contributed by atoms with Crippen molar-refractivity contribution in [3.8, 4) is 11.5 Å². The number of phenolic OH excluding ortho intramolecular Hbond substituents is 2. The molecule has 0 spiro atoms. The van der Waals surface area contributed by atoms with Crippen molar-refractivity contribution < 1.29 is 10.2 Å². The number of nitrogens with zero attached hydrogens (tertiary/aromatic N) is 1. The molecule has 28 heavy (non-hydrogen) atoms. The number of aromatic hydroxyl groups is 2. The first-order chi connectivity index (χ1) is 13.4. The molecule has 3 N–H and O–H groups in total. The summed E-state index contributed by atoms with van der Waals surface area (Å²) < 4.78 is 0. The van der Waals surface area contributed by atoms with Gasteiger partial charge in [-0.2, -0.15) is 0 Å². The molecule has 1 aromatic heterocycles. The van der Waals surface area contributed by atoms with Gasteiger partial charge in [-0.1, -0.05) is 38.1 Å². The average Bonchev–Trinajstić information content (AvgIpc) is 2.82. The third-order valence-corrected chi connectivity index (χ3v) is 6.16.